The van der Waals surface area contributed by atoms with Gasteiger partial charge in [0, 0.05) is 31.2 Å². The van der Waals surface area contributed by atoms with Crippen molar-refractivity contribution >= 4 is 28.8 Å². The maximum Gasteiger partial charge on any atom is 0.305 e. The molecule has 1 aliphatic heterocycles. The Hall–Kier alpha value is -1.04. The number of carbonyl (C=O) groups excluding carboxylic acids is 2. The van der Waals surface area contributed by atoms with Gasteiger partial charge in [0.1, 0.15) is 0 Å². The highest BCUT2D eigenvalue weighted by atomic mass is 32.2. The molecule has 0 bridgehead atoms. The molecular formula is C13H21NO4S. The van der Waals surface area contributed by atoms with Crippen LogP contribution in [-0.2, 0) is 14.4 Å². The summed E-state index contributed by atoms with van der Waals surface area (Å²) < 4.78 is 0. The molecule has 6 heteroatoms. The predicted molar refractivity (Wildman–Crippen MR) is 73.9 cm³/mol. The summed E-state index contributed by atoms with van der Waals surface area (Å²) in [6.07, 6.45) is 0.253. The Morgan fingerprint density at radius 2 is 2.05 bits per heavy atom. The Morgan fingerprint density at radius 3 is 2.47 bits per heavy atom. The number of aliphatic carboxylic acids is 1. The number of carboxylic acids is 1. The monoisotopic (exact) mass is 287 g/mol. The fraction of sp³-hybridized carbons (Fsp3) is 0.769. The first kappa shape index (κ1) is 16.0. The van der Waals surface area contributed by atoms with E-state index in [0.717, 1.165) is 0 Å². The lowest BCUT2D eigenvalue weighted by Gasteiger charge is -2.37. The summed E-state index contributed by atoms with van der Waals surface area (Å²) in [7, 11) is 0. The van der Waals surface area contributed by atoms with Crippen molar-refractivity contribution in [1.29, 1.82) is 0 Å². The zero-order valence-corrected chi connectivity index (χ0v) is 12.6. The quantitative estimate of drug-likeness (QED) is 0.852. The van der Waals surface area contributed by atoms with Crippen LogP contribution in [0.1, 0.15) is 40.5 Å². The molecule has 0 saturated carbocycles. The zero-order chi connectivity index (χ0) is 14.8. The molecule has 19 heavy (non-hydrogen) atoms. The summed E-state index contributed by atoms with van der Waals surface area (Å²) >= 11 is 1.17. The van der Waals surface area contributed by atoms with Crippen molar-refractivity contribution in [2.75, 3.05) is 6.54 Å². The standard InChI is InChI=1S/C13H21NO4S/c1-8(15)19-9-5-11(16)14(7-9)10(6-12(17)18)13(2,3)4/h9-10H,5-7H2,1-4H3,(H,17,18). The maximum atomic E-state index is 12.0. The minimum absolute atomic E-state index is 0.00908. The number of amides is 1. The van der Waals surface area contributed by atoms with Gasteiger partial charge < -0.3 is 10.0 Å². The Labute approximate surface area is 117 Å². The topological polar surface area (TPSA) is 74.7 Å². The highest BCUT2D eigenvalue weighted by Gasteiger charge is 2.40. The van der Waals surface area contributed by atoms with Crippen LogP contribution < -0.4 is 0 Å². The summed E-state index contributed by atoms with van der Waals surface area (Å²) in [4.78, 5) is 35.8. The van der Waals surface area contributed by atoms with Crippen LogP contribution >= 0.6 is 11.8 Å². The summed E-state index contributed by atoms with van der Waals surface area (Å²) in [6.45, 7) is 7.73. The average Bonchev–Trinajstić information content (AvgIpc) is 2.52. The molecule has 108 valence electrons. The largest absolute Gasteiger partial charge is 0.481 e. The molecule has 1 aliphatic rings. The van der Waals surface area contributed by atoms with Gasteiger partial charge in [0.2, 0.25) is 5.91 Å². The minimum Gasteiger partial charge on any atom is -0.481 e. The molecule has 0 aromatic heterocycles. The van der Waals surface area contributed by atoms with Crippen molar-refractivity contribution in [3.8, 4) is 0 Å². The smallest absolute Gasteiger partial charge is 0.305 e. The van der Waals surface area contributed by atoms with Crippen molar-refractivity contribution < 1.29 is 19.5 Å². The zero-order valence-electron chi connectivity index (χ0n) is 11.8. The number of thioether (sulfide) groups is 1. The molecule has 0 aromatic rings. The number of rotatable bonds is 4. The molecule has 1 rings (SSSR count). The van der Waals surface area contributed by atoms with Gasteiger partial charge in [-0.1, -0.05) is 32.5 Å². The first-order valence-corrected chi connectivity index (χ1v) is 7.17. The lowest BCUT2D eigenvalue weighted by Crippen LogP contribution is -2.46. The minimum atomic E-state index is -0.907. The van der Waals surface area contributed by atoms with Crippen LogP contribution in [0, 0.1) is 5.41 Å². The molecular weight excluding hydrogens is 266 g/mol. The van der Waals surface area contributed by atoms with Gasteiger partial charge >= 0.3 is 5.97 Å². The van der Waals surface area contributed by atoms with Gasteiger partial charge in [0.05, 0.1) is 6.42 Å². The third kappa shape index (κ3) is 4.53. The summed E-state index contributed by atoms with van der Waals surface area (Å²) in [5.74, 6) is -0.963. The van der Waals surface area contributed by atoms with E-state index in [1.54, 1.807) is 4.90 Å². The second kappa shape index (κ2) is 5.94. The Kier molecular flexibility index (Phi) is 5.01. The number of nitrogens with zero attached hydrogens (tertiary/aromatic N) is 1. The second-order valence-corrected chi connectivity index (χ2v) is 7.44. The van der Waals surface area contributed by atoms with Crippen LogP contribution in [0.2, 0.25) is 0 Å². The molecule has 1 fully saturated rings. The van der Waals surface area contributed by atoms with E-state index in [0.29, 0.717) is 13.0 Å². The van der Waals surface area contributed by atoms with E-state index in [9.17, 15) is 14.4 Å². The SMILES string of the molecule is CC(=O)SC1CC(=O)N(C(CC(=O)O)C(C)(C)C)C1. The van der Waals surface area contributed by atoms with Crippen molar-refractivity contribution in [1.82, 2.24) is 4.90 Å². The van der Waals surface area contributed by atoms with E-state index in [4.69, 9.17) is 5.11 Å². The summed E-state index contributed by atoms with van der Waals surface area (Å²) in [6, 6.07) is -0.338. The van der Waals surface area contributed by atoms with Gasteiger partial charge in [-0.3, -0.25) is 14.4 Å². The van der Waals surface area contributed by atoms with Gasteiger partial charge in [0.15, 0.2) is 5.12 Å². The molecule has 0 radical (unpaired) electrons. The van der Waals surface area contributed by atoms with Crippen LogP contribution in [0.5, 0.6) is 0 Å². The fourth-order valence-corrected chi connectivity index (χ4v) is 3.29. The molecule has 0 aliphatic carbocycles. The number of likely N-dealkylation sites (tertiary alicyclic amines) is 1. The molecule has 1 saturated heterocycles. The van der Waals surface area contributed by atoms with Crippen LogP contribution in [-0.4, -0.2) is 44.8 Å². The molecule has 5 nitrogen and oxygen atoms in total. The Bertz CT molecular complexity index is 389. The van der Waals surface area contributed by atoms with Crippen molar-refractivity contribution in [3.63, 3.8) is 0 Å². The maximum absolute atomic E-state index is 12.0. The van der Waals surface area contributed by atoms with Crippen molar-refractivity contribution in [2.24, 2.45) is 5.41 Å². The molecule has 1 N–H and O–H groups in total. The number of hydrogen-bond donors (Lipinski definition) is 1. The first-order chi connectivity index (χ1) is 8.61. The average molecular weight is 287 g/mol. The van der Waals surface area contributed by atoms with E-state index >= 15 is 0 Å². The van der Waals surface area contributed by atoms with Gasteiger partial charge in [-0.15, -0.1) is 0 Å². The predicted octanol–water partition coefficient (Wildman–Crippen LogP) is 1.76. The lowest BCUT2D eigenvalue weighted by atomic mass is 9.83. The highest BCUT2D eigenvalue weighted by molar-refractivity contribution is 8.14. The summed E-state index contributed by atoms with van der Waals surface area (Å²) in [5.41, 5.74) is -0.302. The number of carboxylic acid groups (broad SMARTS) is 1. The van der Waals surface area contributed by atoms with Gasteiger partial charge in [0.25, 0.3) is 0 Å². The Morgan fingerprint density at radius 1 is 1.47 bits per heavy atom. The summed E-state index contributed by atoms with van der Waals surface area (Å²) in [5, 5.41) is 8.95. The van der Waals surface area contributed by atoms with Gasteiger partial charge in [-0.05, 0) is 5.41 Å². The van der Waals surface area contributed by atoms with Crippen LogP contribution in [0.15, 0.2) is 0 Å². The molecule has 2 atom stereocenters. The van der Waals surface area contributed by atoms with Crippen LogP contribution in [0.3, 0.4) is 0 Å². The van der Waals surface area contributed by atoms with Crippen molar-refractivity contribution in [2.45, 2.75) is 51.8 Å². The van der Waals surface area contributed by atoms with Crippen LogP contribution in [0.4, 0.5) is 0 Å². The van der Waals surface area contributed by atoms with E-state index in [1.165, 1.54) is 18.7 Å². The molecule has 0 aromatic carbocycles. The van der Waals surface area contributed by atoms with Crippen molar-refractivity contribution in [3.05, 3.63) is 0 Å². The molecule has 2 unspecified atom stereocenters. The van der Waals surface area contributed by atoms with E-state index in [2.05, 4.69) is 0 Å². The fourth-order valence-electron chi connectivity index (χ4n) is 2.36. The van der Waals surface area contributed by atoms with E-state index < -0.39 is 5.97 Å². The van der Waals surface area contributed by atoms with Gasteiger partial charge in [-0.2, -0.15) is 0 Å². The third-order valence-electron chi connectivity index (χ3n) is 3.20. The highest BCUT2D eigenvalue weighted by Crippen LogP contribution is 2.33. The second-order valence-electron chi connectivity index (χ2n) is 5.96. The number of carbonyl (C=O) groups is 3. The van der Waals surface area contributed by atoms with E-state index in [1.807, 2.05) is 20.8 Å². The number of hydrogen-bond acceptors (Lipinski definition) is 4. The molecule has 1 amide bonds. The first-order valence-electron chi connectivity index (χ1n) is 6.29. The van der Waals surface area contributed by atoms with Crippen LogP contribution in [0.25, 0.3) is 0 Å². The lowest BCUT2D eigenvalue weighted by molar-refractivity contribution is -0.141. The normalized spacial score (nSPS) is 21.6. The van der Waals surface area contributed by atoms with E-state index in [-0.39, 0.29) is 34.2 Å². The van der Waals surface area contributed by atoms with Gasteiger partial charge in [-0.25, -0.2) is 0 Å². The third-order valence-corrected chi connectivity index (χ3v) is 4.18. The Balaban J connectivity index is 2.83. The molecule has 1 heterocycles. The molecule has 0 spiro atoms.